The lowest BCUT2D eigenvalue weighted by molar-refractivity contribution is 0.302. The predicted octanol–water partition coefficient (Wildman–Crippen LogP) is 2.14. The Hall–Kier alpha value is -1.13. The quantitative estimate of drug-likeness (QED) is 0.782. The highest BCUT2D eigenvalue weighted by molar-refractivity contribution is 5.54. The van der Waals surface area contributed by atoms with Gasteiger partial charge in [-0.2, -0.15) is 0 Å². The van der Waals surface area contributed by atoms with Crippen molar-refractivity contribution >= 4 is 5.69 Å². The normalized spacial score (nSPS) is 11.0. The molecule has 0 aromatic heterocycles. The van der Waals surface area contributed by atoms with Crippen molar-refractivity contribution in [3.63, 3.8) is 0 Å². The topological polar surface area (TPSA) is 35.5 Å². The summed E-state index contributed by atoms with van der Waals surface area (Å²) in [6.45, 7) is 7.91. The molecule has 0 radical (unpaired) electrons. The largest absolute Gasteiger partial charge is 0.395 e. The van der Waals surface area contributed by atoms with Gasteiger partial charge < -0.3 is 15.3 Å². The van der Waals surface area contributed by atoms with E-state index in [9.17, 15) is 4.39 Å². The second-order valence-corrected chi connectivity index (χ2v) is 4.58. The molecule has 2 N–H and O–H groups in total. The SMILES string of the molecule is CCN(CCO)c1cccc(F)c1CNC(C)C. The van der Waals surface area contributed by atoms with Crippen LogP contribution in [0, 0.1) is 5.82 Å². The summed E-state index contributed by atoms with van der Waals surface area (Å²) in [5.41, 5.74) is 1.53. The second-order valence-electron chi connectivity index (χ2n) is 4.58. The highest BCUT2D eigenvalue weighted by Crippen LogP contribution is 2.23. The average Bonchev–Trinajstić information content (AvgIpc) is 2.34. The smallest absolute Gasteiger partial charge is 0.129 e. The zero-order valence-electron chi connectivity index (χ0n) is 11.4. The molecule has 102 valence electrons. The van der Waals surface area contributed by atoms with E-state index in [0.29, 0.717) is 24.7 Å². The number of benzene rings is 1. The third-order valence-corrected chi connectivity index (χ3v) is 2.87. The van der Waals surface area contributed by atoms with E-state index in [4.69, 9.17) is 5.11 Å². The van der Waals surface area contributed by atoms with Crippen molar-refractivity contribution in [2.24, 2.45) is 0 Å². The summed E-state index contributed by atoms with van der Waals surface area (Å²) in [6.07, 6.45) is 0. The Bertz CT molecular complexity index is 369. The number of nitrogens with one attached hydrogen (secondary N) is 1. The first-order valence-corrected chi connectivity index (χ1v) is 6.46. The van der Waals surface area contributed by atoms with Gasteiger partial charge in [-0.25, -0.2) is 4.39 Å². The molecule has 0 bridgehead atoms. The van der Waals surface area contributed by atoms with E-state index in [2.05, 4.69) is 5.32 Å². The molecule has 3 nitrogen and oxygen atoms in total. The van der Waals surface area contributed by atoms with Gasteiger partial charge in [-0.15, -0.1) is 0 Å². The van der Waals surface area contributed by atoms with Crippen molar-refractivity contribution in [1.82, 2.24) is 5.32 Å². The zero-order chi connectivity index (χ0) is 13.5. The first kappa shape index (κ1) is 14.9. The average molecular weight is 254 g/mol. The summed E-state index contributed by atoms with van der Waals surface area (Å²) in [6, 6.07) is 5.40. The second kappa shape index (κ2) is 7.34. The van der Waals surface area contributed by atoms with Crippen molar-refractivity contribution in [3.05, 3.63) is 29.6 Å². The van der Waals surface area contributed by atoms with Gasteiger partial charge in [0.2, 0.25) is 0 Å². The third kappa shape index (κ3) is 3.96. The minimum absolute atomic E-state index is 0.0708. The molecular weight excluding hydrogens is 231 g/mol. The Morgan fingerprint density at radius 3 is 2.67 bits per heavy atom. The molecule has 0 saturated carbocycles. The van der Waals surface area contributed by atoms with Gasteiger partial charge in [0.15, 0.2) is 0 Å². The molecule has 1 rings (SSSR count). The summed E-state index contributed by atoms with van der Waals surface area (Å²) in [7, 11) is 0. The van der Waals surface area contributed by atoms with Gasteiger partial charge in [0, 0.05) is 36.9 Å². The molecule has 0 atom stereocenters. The van der Waals surface area contributed by atoms with Crippen molar-refractivity contribution in [3.8, 4) is 0 Å². The van der Waals surface area contributed by atoms with E-state index in [-0.39, 0.29) is 12.4 Å². The molecule has 1 aromatic carbocycles. The Morgan fingerprint density at radius 1 is 1.39 bits per heavy atom. The van der Waals surface area contributed by atoms with E-state index in [0.717, 1.165) is 12.2 Å². The summed E-state index contributed by atoms with van der Waals surface area (Å²) in [4.78, 5) is 1.99. The molecule has 0 heterocycles. The van der Waals surface area contributed by atoms with Gasteiger partial charge in [0.05, 0.1) is 6.61 Å². The molecule has 4 heteroatoms. The summed E-state index contributed by atoms with van der Waals surface area (Å²) >= 11 is 0. The lowest BCUT2D eigenvalue weighted by Gasteiger charge is -2.25. The van der Waals surface area contributed by atoms with E-state index in [1.54, 1.807) is 6.07 Å². The van der Waals surface area contributed by atoms with Crippen LogP contribution in [0.25, 0.3) is 0 Å². The summed E-state index contributed by atoms with van der Waals surface area (Å²) < 4.78 is 13.9. The van der Waals surface area contributed by atoms with Crippen LogP contribution in [0.3, 0.4) is 0 Å². The maximum atomic E-state index is 13.9. The fraction of sp³-hybridized carbons (Fsp3) is 0.571. The lowest BCUT2D eigenvalue weighted by atomic mass is 10.1. The maximum absolute atomic E-state index is 13.9. The molecule has 0 aliphatic rings. The molecule has 0 saturated heterocycles. The van der Waals surface area contributed by atoms with Crippen LogP contribution in [0.5, 0.6) is 0 Å². The van der Waals surface area contributed by atoms with Gasteiger partial charge in [-0.05, 0) is 19.1 Å². The first-order valence-electron chi connectivity index (χ1n) is 6.46. The van der Waals surface area contributed by atoms with Crippen LogP contribution in [0.2, 0.25) is 0 Å². The molecule has 0 spiro atoms. The molecule has 1 aromatic rings. The van der Waals surface area contributed by atoms with E-state index in [1.165, 1.54) is 6.07 Å². The molecule has 0 aliphatic carbocycles. The number of anilines is 1. The van der Waals surface area contributed by atoms with Crippen LogP contribution in [0.4, 0.5) is 10.1 Å². The van der Waals surface area contributed by atoms with E-state index < -0.39 is 0 Å². The van der Waals surface area contributed by atoms with Crippen LogP contribution in [0.15, 0.2) is 18.2 Å². The molecule has 18 heavy (non-hydrogen) atoms. The molecular formula is C14H23FN2O. The Balaban J connectivity index is 2.98. The highest BCUT2D eigenvalue weighted by atomic mass is 19.1. The Labute approximate surface area is 109 Å². The minimum atomic E-state index is -0.197. The summed E-state index contributed by atoms with van der Waals surface area (Å²) in [5.74, 6) is -0.197. The van der Waals surface area contributed by atoms with Crippen LogP contribution in [-0.2, 0) is 6.54 Å². The number of halogens is 1. The number of nitrogens with zero attached hydrogens (tertiary/aromatic N) is 1. The first-order chi connectivity index (χ1) is 8.60. The lowest BCUT2D eigenvalue weighted by Crippen LogP contribution is -2.29. The van der Waals surface area contributed by atoms with E-state index >= 15 is 0 Å². The standard InChI is InChI=1S/C14H23FN2O/c1-4-17(8-9-18)14-7-5-6-13(15)12(14)10-16-11(2)3/h5-7,11,16,18H,4,8-10H2,1-3H3. The van der Waals surface area contributed by atoms with Gasteiger partial charge >= 0.3 is 0 Å². The van der Waals surface area contributed by atoms with Gasteiger partial charge in [-0.3, -0.25) is 0 Å². The van der Waals surface area contributed by atoms with Crippen molar-refractivity contribution in [1.29, 1.82) is 0 Å². The van der Waals surface area contributed by atoms with E-state index in [1.807, 2.05) is 31.7 Å². The van der Waals surface area contributed by atoms with Crippen molar-refractivity contribution in [2.45, 2.75) is 33.4 Å². The fourth-order valence-corrected chi connectivity index (χ4v) is 1.89. The van der Waals surface area contributed by atoms with Crippen molar-refractivity contribution < 1.29 is 9.50 Å². The molecule has 0 aliphatic heterocycles. The predicted molar refractivity (Wildman–Crippen MR) is 73.3 cm³/mol. The fourth-order valence-electron chi connectivity index (χ4n) is 1.89. The molecule has 0 fully saturated rings. The van der Waals surface area contributed by atoms with Crippen molar-refractivity contribution in [2.75, 3.05) is 24.6 Å². The minimum Gasteiger partial charge on any atom is -0.395 e. The Kier molecular flexibility index (Phi) is 6.09. The zero-order valence-corrected chi connectivity index (χ0v) is 11.4. The van der Waals surface area contributed by atoms with Gasteiger partial charge in [0.1, 0.15) is 5.82 Å². The summed E-state index contributed by atoms with van der Waals surface area (Å²) in [5, 5.41) is 12.3. The van der Waals surface area contributed by atoms with Gasteiger partial charge in [0.25, 0.3) is 0 Å². The molecule has 0 amide bonds. The third-order valence-electron chi connectivity index (χ3n) is 2.87. The molecule has 0 unspecified atom stereocenters. The van der Waals surface area contributed by atoms with Crippen LogP contribution in [-0.4, -0.2) is 30.8 Å². The van der Waals surface area contributed by atoms with Gasteiger partial charge in [-0.1, -0.05) is 19.9 Å². The monoisotopic (exact) mass is 254 g/mol. The number of aliphatic hydroxyl groups excluding tert-OH is 1. The van der Waals surface area contributed by atoms with Crippen LogP contribution >= 0.6 is 0 Å². The van der Waals surface area contributed by atoms with Crippen LogP contribution < -0.4 is 10.2 Å². The van der Waals surface area contributed by atoms with Crippen LogP contribution in [0.1, 0.15) is 26.3 Å². The number of aliphatic hydroxyl groups is 1. The number of rotatable bonds is 7. The Morgan fingerprint density at radius 2 is 2.11 bits per heavy atom. The highest BCUT2D eigenvalue weighted by Gasteiger charge is 2.13. The number of hydrogen-bond donors (Lipinski definition) is 2. The number of hydrogen-bond acceptors (Lipinski definition) is 3. The number of likely N-dealkylation sites (N-methyl/N-ethyl adjacent to an activating group) is 1. The maximum Gasteiger partial charge on any atom is 0.129 e.